The monoisotopic (exact) mass is 332 g/mol. The van der Waals surface area contributed by atoms with Crippen LogP contribution in [0.5, 0.6) is 0 Å². The first kappa shape index (κ1) is 19.4. The van der Waals surface area contributed by atoms with Crippen LogP contribution in [0.3, 0.4) is 0 Å². The van der Waals surface area contributed by atoms with Crippen LogP contribution in [-0.4, -0.2) is 46.5 Å². The molecule has 0 aromatic carbocycles. The van der Waals surface area contributed by atoms with Gasteiger partial charge in [-0.05, 0) is 52.9 Å². The van der Waals surface area contributed by atoms with Gasteiger partial charge in [0.15, 0.2) is 0 Å². The van der Waals surface area contributed by atoms with Crippen LogP contribution >= 0.6 is 0 Å². The maximum absolute atomic E-state index is 11.7. The topological polar surface area (TPSA) is 67.4 Å². The highest BCUT2D eigenvalue weighted by Gasteiger charge is 2.29. The zero-order chi connectivity index (χ0) is 16.8. The molecule has 5 nitrogen and oxygen atoms in total. The van der Waals surface area contributed by atoms with Gasteiger partial charge in [-0.3, -0.25) is 4.21 Å². The van der Waals surface area contributed by atoms with Crippen molar-refractivity contribution in [3.05, 3.63) is 0 Å². The fourth-order valence-corrected chi connectivity index (χ4v) is 3.51. The minimum absolute atomic E-state index is 0.340. The Balaban J connectivity index is 2.33. The number of rotatable bonds is 7. The third-order valence-electron chi connectivity index (χ3n) is 3.90. The Hall–Kier alpha value is -0.620. The molecule has 0 saturated heterocycles. The Bertz CT molecular complexity index is 382. The summed E-state index contributed by atoms with van der Waals surface area (Å²) >= 11 is 0. The summed E-state index contributed by atoms with van der Waals surface area (Å²) in [6.45, 7) is 8.39. The Morgan fingerprint density at radius 3 is 2.64 bits per heavy atom. The number of ether oxygens (including phenoxy) is 1. The molecule has 22 heavy (non-hydrogen) atoms. The third kappa shape index (κ3) is 8.13. The van der Waals surface area contributed by atoms with E-state index in [0.29, 0.717) is 24.5 Å². The number of hydrogen-bond acceptors (Lipinski definition) is 4. The van der Waals surface area contributed by atoms with Crippen LogP contribution in [0.4, 0.5) is 4.79 Å². The fraction of sp³-hybridized carbons (Fsp3) is 0.938. The predicted octanol–water partition coefficient (Wildman–Crippen LogP) is 2.43. The van der Waals surface area contributed by atoms with Gasteiger partial charge in [0.1, 0.15) is 5.60 Å². The average molecular weight is 333 g/mol. The second-order valence-electron chi connectivity index (χ2n) is 7.31. The quantitative estimate of drug-likeness (QED) is 0.751. The van der Waals surface area contributed by atoms with Crippen LogP contribution < -0.4 is 10.6 Å². The first-order valence-corrected chi connectivity index (χ1v) is 9.93. The zero-order valence-electron chi connectivity index (χ0n) is 14.6. The van der Waals surface area contributed by atoms with E-state index in [2.05, 4.69) is 17.6 Å². The van der Waals surface area contributed by atoms with Gasteiger partial charge in [0.25, 0.3) is 0 Å². The average Bonchev–Trinajstić information content (AvgIpc) is 2.79. The summed E-state index contributed by atoms with van der Waals surface area (Å²) in [5.74, 6) is 1.18. The molecule has 130 valence electrons. The van der Waals surface area contributed by atoms with Crippen LogP contribution in [0, 0.1) is 5.92 Å². The molecule has 0 radical (unpaired) electrons. The lowest BCUT2D eigenvalue weighted by Gasteiger charge is -2.26. The SMILES string of the molecule is CC(CCS(C)=O)NC1CCCC1CNC(=O)OC(C)(C)C. The minimum atomic E-state index is -0.731. The highest BCUT2D eigenvalue weighted by atomic mass is 32.2. The molecule has 1 rings (SSSR count). The highest BCUT2D eigenvalue weighted by Crippen LogP contribution is 2.25. The van der Waals surface area contributed by atoms with E-state index >= 15 is 0 Å². The largest absolute Gasteiger partial charge is 0.444 e. The molecule has 0 aliphatic heterocycles. The predicted molar refractivity (Wildman–Crippen MR) is 91.5 cm³/mol. The number of carbonyl (C=O) groups is 1. The molecule has 1 fully saturated rings. The Labute approximate surface area is 137 Å². The van der Waals surface area contributed by atoms with Gasteiger partial charge in [-0.15, -0.1) is 0 Å². The Morgan fingerprint density at radius 1 is 1.36 bits per heavy atom. The first-order chi connectivity index (χ1) is 10.2. The van der Waals surface area contributed by atoms with Gasteiger partial charge in [-0.1, -0.05) is 6.42 Å². The maximum Gasteiger partial charge on any atom is 0.407 e. The zero-order valence-corrected chi connectivity index (χ0v) is 15.4. The molecular weight excluding hydrogens is 300 g/mol. The van der Waals surface area contributed by atoms with E-state index in [-0.39, 0.29) is 6.09 Å². The van der Waals surface area contributed by atoms with Crippen molar-refractivity contribution >= 4 is 16.9 Å². The van der Waals surface area contributed by atoms with Crippen LogP contribution in [0.1, 0.15) is 53.4 Å². The van der Waals surface area contributed by atoms with Crippen molar-refractivity contribution in [1.82, 2.24) is 10.6 Å². The van der Waals surface area contributed by atoms with Crippen molar-refractivity contribution in [3.63, 3.8) is 0 Å². The number of alkyl carbamates (subject to hydrolysis) is 1. The lowest BCUT2D eigenvalue weighted by atomic mass is 10.0. The van der Waals surface area contributed by atoms with Crippen molar-refractivity contribution in [3.8, 4) is 0 Å². The fourth-order valence-electron chi connectivity index (χ4n) is 2.82. The molecule has 1 amide bonds. The van der Waals surface area contributed by atoms with Crippen molar-refractivity contribution in [2.45, 2.75) is 71.1 Å². The van der Waals surface area contributed by atoms with E-state index in [9.17, 15) is 9.00 Å². The van der Waals surface area contributed by atoms with Crippen molar-refractivity contribution in [1.29, 1.82) is 0 Å². The third-order valence-corrected chi connectivity index (χ3v) is 4.71. The van der Waals surface area contributed by atoms with Crippen LogP contribution in [0.2, 0.25) is 0 Å². The summed E-state index contributed by atoms with van der Waals surface area (Å²) in [7, 11) is -0.731. The summed E-state index contributed by atoms with van der Waals surface area (Å²) < 4.78 is 16.4. The number of carbonyl (C=O) groups excluding carboxylic acids is 1. The molecule has 0 aromatic rings. The van der Waals surface area contributed by atoms with Crippen molar-refractivity contribution < 1.29 is 13.7 Å². The first-order valence-electron chi connectivity index (χ1n) is 8.20. The summed E-state index contributed by atoms with van der Waals surface area (Å²) in [4.78, 5) is 11.7. The lowest BCUT2D eigenvalue weighted by Crippen LogP contribution is -2.44. The molecule has 4 unspecified atom stereocenters. The van der Waals surface area contributed by atoms with E-state index < -0.39 is 16.4 Å². The van der Waals surface area contributed by atoms with E-state index in [1.165, 1.54) is 6.42 Å². The Kier molecular flexibility index (Phi) is 7.83. The van der Waals surface area contributed by atoms with Crippen molar-refractivity contribution in [2.75, 3.05) is 18.6 Å². The molecule has 2 N–H and O–H groups in total. The van der Waals surface area contributed by atoms with Crippen molar-refractivity contribution in [2.24, 2.45) is 5.92 Å². The van der Waals surface area contributed by atoms with E-state index in [1.807, 2.05) is 20.8 Å². The summed E-state index contributed by atoms with van der Waals surface area (Å²) in [5, 5.41) is 6.51. The number of nitrogens with one attached hydrogen (secondary N) is 2. The lowest BCUT2D eigenvalue weighted by molar-refractivity contribution is 0.0517. The minimum Gasteiger partial charge on any atom is -0.444 e. The van der Waals surface area contributed by atoms with Crippen LogP contribution in [0.15, 0.2) is 0 Å². The maximum atomic E-state index is 11.7. The van der Waals surface area contributed by atoms with Gasteiger partial charge >= 0.3 is 6.09 Å². The number of amides is 1. The number of hydrogen-bond donors (Lipinski definition) is 2. The van der Waals surface area contributed by atoms with Gasteiger partial charge in [-0.25, -0.2) is 4.79 Å². The molecule has 6 heteroatoms. The summed E-state index contributed by atoms with van der Waals surface area (Å²) in [5.41, 5.74) is -0.457. The van der Waals surface area contributed by atoms with Gasteiger partial charge in [0.05, 0.1) is 0 Å². The molecule has 0 bridgehead atoms. The molecule has 0 aromatic heterocycles. The molecular formula is C16H32N2O3S. The van der Waals surface area contributed by atoms with Crippen LogP contribution in [0.25, 0.3) is 0 Å². The van der Waals surface area contributed by atoms with Crippen LogP contribution in [-0.2, 0) is 15.5 Å². The van der Waals surface area contributed by atoms with Gasteiger partial charge in [-0.2, -0.15) is 0 Å². The standard InChI is InChI=1S/C16H32N2O3S/c1-12(9-10-22(5)20)18-14-8-6-7-13(14)11-17-15(19)21-16(2,3)4/h12-14,18H,6-11H2,1-5H3,(H,17,19). The summed E-state index contributed by atoms with van der Waals surface area (Å²) in [6.07, 6.45) is 5.78. The normalized spacial score (nSPS) is 24.8. The highest BCUT2D eigenvalue weighted by molar-refractivity contribution is 7.84. The smallest absolute Gasteiger partial charge is 0.407 e. The molecule has 0 spiro atoms. The van der Waals surface area contributed by atoms with E-state index in [1.54, 1.807) is 6.26 Å². The second-order valence-corrected chi connectivity index (χ2v) is 8.87. The Morgan fingerprint density at radius 2 is 2.05 bits per heavy atom. The van der Waals surface area contributed by atoms with E-state index in [4.69, 9.17) is 4.74 Å². The molecule has 1 aliphatic carbocycles. The molecule has 1 saturated carbocycles. The van der Waals surface area contributed by atoms with E-state index in [0.717, 1.165) is 25.0 Å². The second kappa shape index (κ2) is 8.87. The van der Waals surface area contributed by atoms with Gasteiger partial charge in [0.2, 0.25) is 0 Å². The van der Waals surface area contributed by atoms with Gasteiger partial charge < -0.3 is 15.4 Å². The van der Waals surface area contributed by atoms with Gasteiger partial charge in [0, 0.05) is 41.4 Å². The molecule has 1 aliphatic rings. The molecule has 4 atom stereocenters. The molecule has 0 heterocycles. The summed E-state index contributed by atoms with van der Waals surface area (Å²) in [6, 6.07) is 0.784.